The third-order valence-corrected chi connectivity index (χ3v) is 4.44. The minimum atomic E-state index is 0.0714. The topological polar surface area (TPSA) is 72.0 Å². The van der Waals surface area contributed by atoms with Crippen LogP contribution in [-0.2, 0) is 6.54 Å². The Morgan fingerprint density at radius 1 is 1.47 bits per heavy atom. The lowest BCUT2D eigenvalue weighted by Gasteiger charge is -2.42. The van der Waals surface area contributed by atoms with Gasteiger partial charge in [-0.05, 0) is 33.4 Å². The van der Waals surface area contributed by atoms with Crippen LogP contribution in [0, 0.1) is 0 Å². The molecule has 3 N–H and O–H groups in total. The Balaban J connectivity index is 2.34. The van der Waals surface area contributed by atoms with E-state index in [1.165, 1.54) is 12.8 Å². The number of nitrogens with zero attached hydrogens (tertiary/aromatic N) is 4. The van der Waals surface area contributed by atoms with Crippen LogP contribution in [0.4, 0.5) is 0 Å². The second-order valence-electron chi connectivity index (χ2n) is 5.69. The maximum atomic E-state index is 5.89. The van der Waals surface area contributed by atoms with Gasteiger partial charge < -0.3 is 4.90 Å². The smallest absolute Gasteiger partial charge is 0.0828 e. The Bertz CT molecular complexity index is 394. The van der Waals surface area contributed by atoms with E-state index in [1.807, 2.05) is 10.9 Å². The average Bonchev–Trinajstić information content (AvgIpc) is 3.02. The zero-order valence-corrected chi connectivity index (χ0v) is 12.3. The summed E-state index contributed by atoms with van der Waals surface area (Å²) in [5, 5.41) is 8.26. The fraction of sp³-hybridized carbons (Fsp3) is 0.846. The van der Waals surface area contributed by atoms with Crippen molar-refractivity contribution in [3.05, 3.63) is 11.9 Å². The molecule has 0 saturated heterocycles. The molecule has 108 valence electrons. The summed E-state index contributed by atoms with van der Waals surface area (Å²) in [5.41, 5.74) is 4.19. The van der Waals surface area contributed by atoms with Crippen LogP contribution in [-0.4, -0.2) is 39.5 Å². The van der Waals surface area contributed by atoms with Gasteiger partial charge in [0.15, 0.2) is 0 Å². The highest BCUT2D eigenvalue weighted by Gasteiger charge is 2.45. The molecule has 19 heavy (non-hydrogen) atoms. The molecule has 1 aliphatic rings. The number of nitrogens with one attached hydrogen (secondary N) is 1. The molecule has 6 nitrogen and oxygen atoms in total. The SMILES string of the molecule is CCCn1nncc1C(NN)C1(N(C)C)CCCC1. The fourth-order valence-corrected chi connectivity index (χ4v) is 3.37. The number of nitrogens with two attached hydrogens (primary N) is 1. The van der Waals surface area contributed by atoms with Crippen LogP contribution in [0.5, 0.6) is 0 Å². The molecule has 0 amide bonds. The third kappa shape index (κ3) is 2.52. The highest BCUT2D eigenvalue weighted by atomic mass is 15.4. The molecular formula is C13H26N6. The highest BCUT2D eigenvalue weighted by molar-refractivity contribution is 5.14. The molecule has 2 rings (SSSR count). The van der Waals surface area contributed by atoms with Crippen molar-refractivity contribution in [1.29, 1.82) is 0 Å². The number of aromatic nitrogens is 3. The van der Waals surface area contributed by atoms with Crippen LogP contribution in [0.3, 0.4) is 0 Å². The van der Waals surface area contributed by atoms with Gasteiger partial charge in [-0.15, -0.1) is 5.10 Å². The summed E-state index contributed by atoms with van der Waals surface area (Å²) in [4.78, 5) is 2.31. The molecule has 1 atom stereocenters. The Labute approximate surface area is 115 Å². The van der Waals surface area contributed by atoms with Gasteiger partial charge in [0.05, 0.1) is 17.9 Å². The van der Waals surface area contributed by atoms with Crippen molar-refractivity contribution < 1.29 is 0 Å². The zero-order chi connectivity index (χ0) is 13.9. The maximum absolute atomic E-state index is 5.89. The molecule has 1 aromatic heterocycles. The first-order valence-corrected chi connectivity index (χ1v) is 7.17. The van der Waals surface area contributed by atoms with E-state index >= 15 is 0 Å². The summed E-state index contributed by atoms with van der Waals surface area (Å²) in [7, 11) is 4.28. The number of hydrogen-bond donors (Lipinski definition) is 2. The van der Waals surface area contributed by atoms with Gasteiger partial charge in [0.2, 0.25) is 0 Å². The molecule has 1 saturated carbocycles. The maximum Gasteiger partial charge on any atom is 0.0828 e. The largest absolute Gasteiger partial charge is 0.302 e. The number of likely N-dealkylation sites (N-methyl/N-ethyl adjacent to an activating group) is 1. The summed E-state index contributed by atoms with van der Waals surface area (Å²) in [5.74, 6) is 5.89. The summed E-state index contributed by atoms with van der Waals surface area (Å²) < 4.78 is 1.98. The van der Waals surface area contributed by atoms with E-state index in [9.17, 15) is 0 Å². The number of aryl methyl sites for hydroxylation is 1. The van der Waals surface area contributed by atoms with Gasteiger partial charge >= 0.3 is 0 Å². The van der Waals surface area contributed by atoms with Crippen LogP contribution in [0.1, 0.15) is 50.8 Å². The molecule has 1 unspecified atom stereocenters. The van der Waals surface area contributed by atoms with Crippen molar-refractivity contribution in [3.8, 4) is 0 Å². The minimum Gasteiger partial charge on any atom is -0.302 e. The molecule has 0 spiro atoms. The van der Waals surface area contributed by atoms with Crippen LogP contribution in [0.2, 0.25) is 0 Å². The first kappa shape index (κ1) is 14.4. The monoisotopic (exact) mass is 266 g/mol. The quantitative estimate of drug-likeness (QED) is 0.595. The Morgan fingerprint density at radius 2 is 2.16 bits per heavy atom. The standard InChI is InChI=1S/C13H26N6/c1-4-9-19-11(10-15-17-19)12(16-14)13(18(2)3)7-5-6-8-13/h10,12,16H,4-9,14H2,1-3H3. The third-order valence-electron chi connectivity index (χ3n) is 4.44. The van der Waals surface area contributed by atoms with Crippen molar-refractivity contribution in [2.24, 2.45) is 5.84 Å². The van der Waals surface area contributed by atoms with Crippen LogP contribution in [0.15, 0.2) is 6.20 Å². The van der Waals surface area contributed by atoms with Crippen molar-refractivity contribution in [2.45, 2.75) is 57.2 Å². The molecule has 0 aromatic carbocycles. The zero-order valence-electron chi connectivity index (χ0n) is 12.3. The minimum absolute atomic E-state index is 0.0714. The van der Waals surface area contributed by atoms with Crippen LogP contribution >= 0.6 is 0 Å². The van der Waals surface area contributed by atoms with E-state index in [1.54, 1.807) is 0 Å². The van der Waals surface area contributed by atoms with Crippen LogP contribution in [0.25, 0.3) is 0 Å². The van der Waals surface area contributed by atoms with E-state index in [-0.39, 0.29) is 11.6 Å². The summed E-state index contributed by atoms with van der Waals surface area (Å²) >= 11 is 0. The van der Waals surface area contributed by atoms with E-state index in [0.717, 1.165) is 31.5 Å². The Morgan fingerprint density at radius 3 is 2.68 bits per heavy atom. The molecule has 1 aliphatic carbocycles. The second kappa shape index (κ2) is 5.98. The predicted octanol–water partition coefficient (Wildman–Crippen LogP) is 1.07. The average molecular weight is 266 g/mol. The Hall–Kier alpha value is -0.980. The van der Waals surface area contributed by atoms with Gasteiger partial charge in [0.1, 0.15) is 0 Å². The Kier molecular flexibility index (Phi) is 4.54. The normalized spacial score (nSPS) is 20.1. The lowest BCUT2D eigenvalue weighted by atomic mass is 9.85. The van der Waals surface area contributed by atoms with Gasteiger partial charge in [-0.1, -0.05) is 25.0 Å². The molecular weight excluding hydrogens is 240 g/mol. The van der Waals surface area contributed by atoms with Gasteiger partial charge in [-0.3, -0.25) is 5.84 Å². The summed E-state index contributed by atoms with van der Waals surface area (Å²) in [6.45, 7) is 3.03. The highest BCUT2D eigenvalue weighted by Crippen LogP contribution is 2.42. The lowest BCUT2D eigenvalue weighted by Crippen LogP contribution is -2.54. The summed E-state index contributed by atoms with van der Waals surface area (Å²) in [6, 6.07) is 0.0755. The molecule has 6 heteroatoms. The van der Waals surface area contributed by atoms with Gasteiger partial charge in [0, 0.05) is 12.1 Å². The molecule has 0 radical (unpaired) electrons. The number of hydrogen-bond acceptors (Lipinski definition) is 5. The molecule has 0 aliphatic heterocycles. The summed E-state index contributed by atoms with van der Waals surface area (Å²) in [6.07, 6.45) is 7.72. The van der Waals surface area contributed by atoms with Crippen molar-refractivity contribution in [3.63, 3.8) is 0 Å². The van der Waals surface area contributed by atoms with E-state index in [0.29, 0.717) is 0 Å². The molecule has 0 bridgehead atoms. The number of rotatable bonds is 6. The van der Waals surface area contributed by atoms with E-state index in [2.05, 4.69) is 41.7 Å². The van der Waals surface area contributed by atoms with Gasteiger partial charge in [-0.2, -0.15) is 0 Å². The van der Waals surface area contributed by atoms with Gasteiger partial charge in [-0.25, -0.2) is 10.1 Å². The fourth-order valence-electron chi connectivity index (χ4n) is 3.37. The molecule has 1 heterocycles. The molecule has 1 aromatic rings. The van der Waals surface area contributed by atoms with Gasteiger partial charge in [0.25, 0.3) is 0 Å². The predicted molar refractivity (Wildman–Crippen MR) is 75.3 cm³/mol. The first-order valence-electron chi connectivity index (χ1n) is 7.17. The number of hydrazine groups is 1. The van der Waals surface area contributed by atoms with Crippen LogP contribution < -0.4 is 11.3 Å². The van der Waals surface area contributed by atoms with Crippen molar-refractivity contribution >= 4 is 0 Å². The van der Waals surface area contributed by atoms with E-state index < -0.39 is 0 Å². The molecule has 1 fully saturated rings. The second-order valence-corrected chi connectivity index (χ2v) is 5.69. The van der Waals surface area contributed by atoms with Crippen molar-refractivity contribution in [1.82, 2.24) is 25.3 Å². The van der Waals surface area contributed by atoms with Crippen molar-refractivity contribution in [2.75, 3.05) is 14.1 Å². The van der Waals surface area contributed by atoms with E-state index in [4.69, 9.17) is 5.84 Å². The lowest BCUT2D eigenvalue weighted by molar-refractivity contribution is 0.1000. The first-order chi connectivity index (χ1) is 9.15.